The van der Waals surface area contributed by atoms with Crippen LogP contribution in [0.3, 0.4) is 0 Å². The number of aryl methyl sites for hydroxylation is 1. The molecule has 0 aliphatic heterocycles. The lowest BCUT2D eigenvalue weighted by Crippen LogP contribution is -2.21. The first-order valence-corrected chi connectivity index (χ1v) is 7.95. The van der Waals surface area contributed by atoms with Crippen LogP contribution in [-0.4, -0.2) is 13.0 Å². The van der Waals surface area contributed by atoms with Crippen LogP contribution >= 0.6 is 11.3 Å². The Hall–Kier alpha value is -2.27. The number of fused-ring (bicyclic) bond motifs is 1. The molecule has 5 heteroatoms. The van der Waals surface area contributed by atoms with E-state index in [1.807, 2.05) is 24.3 Å². The van der Waals surface area contributed by atoms with Crippen molar-refractivity contribution in [1.29, 1.82) is 0 Å². The Morgan fingerprint density at radius 2 is 2.09 bits per heavy atom. The van der Waals surface area contributed by atoms with Gasteiger partial charge in [0.1, 0.15) is 0 Å². The van der Waals surface area contributed by atoms with E-state index in [2.05, 4.69) is 18.3 Å². The van der Waals surface area contributed by atoms with E-state index in [9.17, 15) is 4.79 Å². The Balaban J connectivity index is 1.74. The minimum Gasteiger partial charge on any atom is -0.493 e. The van der Waals surface area contributed by atoms with Gasteiger partial charge in [0, 0.05) is 15.1 Å². The standard InChI is InChI=1S/C17H17NO3S/c1-3-12-7-8-13(22-12)10-18-17(19)15-9-11-5-4-6-14(20-2)16(11)21-15/h4-9H,3,10H2,1-2H3,(H,18,19). The first-order valence-electron chi connectivity index (χ1n) is 7.13. The number of ether oxygens (including phenoxy) is 1. The van der Waals surface area contributed by atoms with E-state index < -0.39 is 0 Å². The van der Waals surface area contributed by atoms with Crippen LogP contribution in [0.25, 0.3) is 11.0 Å². The summed E-state index contributed by atoms with van der Waals surface area (Å²) >= 11 is 1.72. The quantitative estimate of drug-likeness (QED) is 0.774. The summed E-state index contributed by atoms with van der Waals surface area (Å²) in [6, 6.07) is 11.5. The Labute approximate surface area is 132 Å². The number of furan rings is 1. The zero-order valence-electron chi connectivity index (χ0n) is 12.5. The van der Waals surface area contributed by atoms with Crippen molar-refractivity contribution >= 4 is 28.2 Å². The third kappa shape index (κ3) is 2.85. The number of carbonyl (C=O) groups excluding carboxylic acids is 1. The van der Waals surface area contributed by atoms with E-state index in [0.29, 0.717) is 23.6 Å². The lowest BCUT2D eigenvalue weighted by Gasteiger charge is -2.01. The van der Waals surface area contributed by atoms with Gasteiger partial charge in [0.2, 0.25) is 0 Å². The van der Waals surface area contributed by atoms with Gasteiger partial charge in [-0.3, -0.25) is 4.79 Å². The summed E-state index contributed by atoms with van der Waals surface area (Å²) in [5.74, 6) is 0.707. The molecule has 2 aromatic heterocycles. The third-order valence-electron chi connectivity index (χ3n) is 3.44. The van der Waals surface area contributed by atoms with Crippen LogP contribution in [0, 0.1) is 0 Å². The normalized spacial score (nSPS) is 10.8. The molecule has 3 aromatic rings. The Kier molecular flexibility index (Phi) is 4.15. The maximum Gasteiger partial charge on any atom is 0.287 e. The van der Waals surface area contributed by atoms with Gasteiger partial charge in [-0.15, -0.1) is 11.3 Å². The van der Waals surface area contributed by atoms with Crippen molar-refractivity contribution in [3.63, 3.8) is 0 Å². The monoisotopic (exact) mass is 315 g/mol. The van der Waals surface area contributed by atoms with E-state index in [-0.39, 0.29) is 5.91 Å². The number of carbonyl (C=O) groups is 1. The van der Waals surface area contributed by atoms with E-state index in [4.69, 9.17) is 9.15 Å². The number of nitrogens with one attached hydrogen (secondary N) is 1. The van der Waals surface area contributed by atoms with E-state index in [1.165, 1.54) is 4.88 Å². The van der Waals surface area contributed by atoms with Gasteiger partial charge in [0.25, 0.3) is 5.91 Å². The fourth-order valence-corrected chi connectivity index (χ4v) is 3.17. The summed E-state index contributed by atoms with van der Waals surface area (Å²) in [5, 5.41) is 3.74. The molecule has 114 valence electrons. The largest absolute Gasteiger partial charge is 0.493 e. The molecule has 4 nitrogen and oxygen atoms in total. The minimum absolute atomic E-state index is 0.218. The fraction of sp³-hybridized carbons (Fsp3) is 0.235. The Bertz CT molecular complexity index is 803. The number of hydrogen-bond acceptors (Lipinski definition) is 4. The van der Waals surface area contributed by atoms with Crippen LogP contribution in [0.5, 0.6) is 5.75 Å². The molecule has 0 atom stereocenters. The van der Waals surface area contributed by atoms with Crippen molar-refractivity contribution in [2.75, 3.05) is 7.11 Å². The van der Waals surface area contributed by atoms with Crippen LogP contribution in [-0.2, 0) is 13.0 Å². The molecule has 1 N–H and O–H groups in total. The Morgan fingerprint density at radius 1 is 1.27 bits per heavy atom. The first-order chi connectivity index (χ1) is 10.7. The zero-order valence-corrected chi connectivity index (χ0v) is 13.3. The van der Waals surface area contributed by atoms with Gasteiger partial charge >= 0.3 is 0 Å². The van der Waals surface area contributed by atoms with Gasteiger partial charge in [0.05, 0.1) is 13.7 Å². The zero-order chi connectivity index (χ0) is 15.5. The van der Waals surface area contributed by atoms with Gasteiger partial charge in [0.15, 0.2) is 17.1 Å². The molecule has 0 aliphatic carbocycles. The molecular formula is C17H17NO3S. The van der Waals surface area contributed by atoms with E-state index >= 15 is 0 Å². The van der Waals surface area contributed by atoms with Crippen LogP contribution in [0.1, 0.15) is 27.2 Å². The molecule has 0 fully saturated rings. The number of thiophene rings is 1. The molecule has 0 saturated heterocycles. The molecule has 3 rings (SSSR count). The highest BCUT2D eigenvalue weighted by atomic mass is 32.1. The summed E-state index contributed by atoms with van der Waals surface area (Å²) in [5.41, 5.74) is 0.597. The molecule has 22 heavy (non-hydrogen) atoms. The predicted molar refractivity (Wildman–Crippen MR) is 87.6 cm³/mol. The SMILES string of the molecule is CCc1ccc(CNC(=O)c2cc3cccc(OC)c3o2)s1. The van der Waals surface area contributed by atoms with Crippen LogP contribution in [0.15, 0.2) is 40.8 Å². The van der Waals surface area contributed by atoms with Gasteiger partial charge in [-0.1, -0.05) is 19.1 Å². The molecule has 0 bridgehead atoms. The van der Waals surface area contributed by atoms with Crippen molar-refractivity contribution in [3.8, 4) is 5.75 Å². The highest BCUT2D eigenvalue weighted by Gasteiger charge is 2.14. The van der Waals surface area contributed by atoms with E-state index in [0.717, 1.165) is 16.7 Å². The number of hydrogen-bond donors (Lipinski definition) is 1. The second-order valence-corrected chi connectivity index (χ2v) is 6.15. The highest BCUT2D eigenvalue weighted by molar-refractivity contribution is 7.11. The lowest BCUT2D eigenvalue weighted by molar-refractivity contribution is 0.0925. The lowest BCUT2D eigenvalue weighted by atomic mass is 10.2. The second kappa shape index (κ2) is 6.23. The summed E-state index contributed by atoms with van der Waals surface area (Å²) in [7, 11) is 1.58. The van der Waals surface area contributed by atoms with E-state index in [1.54, 1.807) is 24.5 Å². The summed E-state index contributed by atoms with van der Waals surface area (Å²) in [6.45, 7) is 2.63. The molecule has 1 amide bonds. The molecule has 0 radical (unpaired) electrons. The van der Waals surface area contributed by atoms with Crippen LogP contribution in [0.2, 0.25) is 0 Å². The smallest absolute Gasteiger partial charge is 0.287 e. The Morgan fingerprint density at radius 3 is 2.82 bits per heavy atom. The molecule has 1 aromatic carbocycles. The number of para-hydroxylation sites is 1. The van der Waals surface area contributed by atoms with Crippen molar-refractivity contribution in [2.45, 2.75) is 19.9 Å². The summed E-state index contributed by atoms with van der Waals surface area (Å²) < 4.78 is 10.9. The van der Waals surface area contributed by atoms with Gasteiger partial charge in [-0.05, 0) is 30.7 Å². The van der Waals surface area contributed by atoms with Gasteiger partial charge in [-0.25, -0.2) is 0 Å². The number of amides is 1. The van der Waals surface area contributed by atoms with Crippen molar-refractivity contribution in [2.24, 2.45) is 0 Å². The van der Waals surface area contributed by atoms with Gasteiger partial charge in [-0.2, -0.15) is 0 Å². The maximum absolute atomic E-state index is 12.2. The van der Waals surface area contributed by atoms with Gasteiger partial charge < -0.3 is 14.5 Å². The molecule has 0 aliphatic rings. The average Bonchev–Trinajstić information content (AvgIpc) is 3.18. The molecule has 0 unspecified atom stereocenters. The van der Waals surface area contributed by atoms with Crippen LogP contribution in [0.4, 0.5) is 0 Å². The van der Waals surface area contributed by atoms with Crippen molar-refractivity contribution in [1.82, 2.24) is 5.32 Å². The summed E-state index contributed by atoms with van der Waals surface area (Å²) in [6.07, 6.45) is 1.02. The molecule has 0 saturated carbocycles. The number of rotatable bonds is 5. The second-order valence-electron chi connectivity index (χ2n) is 4.89. The average molecular weight is 315 g/mol. The highest BCUT2D eigenvalue weighted by Crippen LogP contribution is 2.28. The fourth-order valence-electron chi connectivity index (χ4n) is 2.27. The first kappa shape index (κ1) is 14.7. The third-order valence-corrected chi connectivity index (χ3v) is 4.67. The summed E-state index contributed by atoms with van der Waals surface area (Å²) in [4.78, 5) is 14.7. The van der Waals surface area contributed by atoms with Crippen molar-refractivity contribution in [3.05, 3.63) is 51.9 Å². The number of methoxy groups -OCH3 is 1. The number of benzene rings is 1. The maximum atomic E-state index is 12.2. The predicted octanol–water partition coefficient (Wildman–Crippen LogP) is 4.00. The van der Waals surface area contributed by atoms with Crippen LogP contribution < -0.4 is 10.1 Å². The molecular weight excluding hydrogens is 298 g/mol. The topological polar surface area (TPSA) is 51.5 Å². The molecule has 0 spiro atoms. The van der Waals surface area contributed by atoms with Crippen molar-refractivity contribution < 1.29 is 13.9 Å². The minimum atomic E-state index is -0.218. The molecule has 2 heterocycles.